The van der Waals surface area contributed by atoms with E-state index >= 15 is 0 Å². The van der Waals surface area contributed by atoms with Crippen molar-refractivity contribution in [1.82, 2.24) is 0 Å². The van der Waals surface area contributed by atoms with Crippen molar-refractivity contribution in [2.75, 3.05) is 0 Å². The number of alkyl halides is 6. The van der Waals surface area contributed by atoms with Gasteiger partial charge in [0, 0.05) is 6.08 Å². The Morgan fingerprint density at radius 2 is 0.941 bits per heavy atom. The summed E-state index contributed by atoms with van der Waals surface area (Å²) in [6, 6.07) is 0. The molecular formula is C9H10Cl6O2. The molecule has 1 rings (SSSR count). The van der Waals surface area contributed by atoms with E-state index in [9.17, 15) is 4.79 Å². The zero-order chi connectivity index (χ0) is 13.7. The first-order valence-corrected chi connectivity index (χ1v) is 7.05. The molecule has 0 aromatic rings. The maximum atomic E-state index is 9.25. The van der Waals surface area contributed by atoms with Crippen LogP contribution in [0.5, 0.6) is 0 Å². The fourth-order valence-electron chi connectivity index (χ4n) is 1.05. The molecule has 1 aliphatic carbocycles. The molecule has 0 aromatic carbocycles. The zero-order valence-corrected chi connectivity index (χ0v) is 12.9. The van der Waals surface area contributed by atoms with Gasteiger partial charge in [-0.15, -0.1) is 69.6 Å². The molecule has 2 nitrogen and oxygen atoms in total. The highest BCUT2D eigenvalue weighted by molar-refractivity contribution is 6.45. The number of carboxylic acids is 1. The fourth-order valence-corrected chi connectivity index (χ4v) is 3.38. The minimum atomic E-state index is -0.981. The number of rotatable bonds is 1. The Morgan fingerprint density at radius 1 is 0.824 bits per heavy atom. The lowest BCUT2D eigenvalue weighted by atomic mass is 9.97. The zero-order valence-electron chi connectivity index (χ0n) is 8.37. The van der Waals surface area contributed by atoms with Crippen molar-refractivity contribution < 1.29 is 9.90 Å². The minimum Gasteiger partial charge on any atom is -0.478 e. The summed E-state index contributed by atoms with van der Waals surface area (Å²) in [5.74, 6) is -0.981. The first-order valence-electron chi connectivity index (χ1n) is 4.43. The second-order valence-corrected chi connectivity index (χ2v) is 6.23. The molecule has 100 valence electrons. The highest BCUT2D eigenvalue weighted by Crippen LogP contribution is 2.39. The quantitative estimate of drug-likeness (QED) is 0.567. The second-order valence-electron chi connectivity index (χ2n) is 3.21. The van der Waals surface area contributed by atoms with Crippen molar-refractivity contribution >= 4 is 75.6 Å². The molecule has 0 amide bonds. The molecule has 0 unspecified atom stereocenters. The lowest BCUT2D eigenvalue weighted by Gasteiger charge is -2.37. The molecule has 0 aromatic heterocycles. The van der Waals surface area contributed by atoms with Crippen LogP contribution >= 0.6 is 69.6 Å². The second kappa shape index (κ2) is 8.19. The molecule has 0 bridgehead atoms. The van der Waals surface area contributed by atoms with Crippen molar-refractivity contribution in [3.63, 3.8) is 0 Å². The van der Waals surface area contributed by atoms with Gasteiger partial charge in [-0.05, 0) is 0 Å². The van der Waals surface area contributed by atoms with E-state index in [4.69, 9.17) is 74.7 Å². The molecule has 0 heterocycles. The molecule has 1 saturated carbocycles. The first kappa shape index (κ1) is 17.9. The third-order valence-electron chi connectivity index (χ3n) is 2.00. The molecule has 0 aliphatic heterocycles. The number of carboxylic acid groups (broad SMARTS) is 1. The summed E-state index contributed by atoms with van der Waals surface area (Å²) < 4.78 is 0. The lowest BCUT2D eigenvalue weighted by Crippen LogP contribution is -2.52. The summed E-state index contributed by atoms with van der Waals surface area (Å²) in [6.45, 7) is 2.96. The summed E-state index contributed by atoms with van der Waals surface area (Å²) in [5, 5.41) is 4.98. The van der Waals surface area contributed by atoms with Crippen LogP contribution in [0.2, 0.25) is 0 Å². The topological polar surface area (TPSA) is 37.3 Å². The number of aliphatic carboxylic acids is 1. The van der Waals surface area contributed by atoms with Gasteiger partial charge in [0.1, 0.15) is 0 Å². The van der Waals surface area contributed by atoms with Crippen LogP contribution in [0.15, 0.2) is 12.7 Å². The van der Waals surface area contributed by atoms with Gasteiger partial charge in [-0.25, -0.2) is 4.79 Å². The number of halogens is 6. The van der Waals surface area contributed by atoms with E-state index in [0.29, 0.717) is 0 Å². The lowest BCUT2D eigenvalue weighted by molar-refractivity contribution is -0.131. The van der Waals surface area contributed by atoms with Crippen LogP contribution in [0, 0.1) is 0 Å². The van der Waals surface area contributed by atoms with Crippen LogP contribution in [0.3, 0.4) is 0 Å². The highest BCUT2D eigenvalue weighted by Gasteiger charge is 2.46. The Kier molecular flexibility index (Phi) is 8.64. The van der Waals surface area contributed by atoms with Gasteiger partial charge >= 0.3 is 5.97 Å². The Morgan fingerprint density at radius 3 is 1.00 bits per heavy atom. The van der Waals surface area contributed by atoms with Gasteiger partial charge in [0.2, 0.25) is 0 Å². The molecular weight excluding hydrogens is 353 g/mol. The first-order chi connectivity index (χ1) is 7.73. The number of hydrogen-bond acceptors (Lipinski definition) is 1. The standard InChI is InChI=1S/C6H6Cl6.C3H4O2/c7-1-2(8)4(10)6(12)5(11)3(1)9;1-2-3(4)5/h1-6H;2H,1H2,(H,4,5). The Hall–Kier alpha value is 0.950. The largest absolute Gasteiger partial charge is 0.478 e. The molecule has 8 heteroatoms. The summed E-state index contributed by atoms with van der Waals surface area (Å²) in [6.07, 6.45) is 0.833. The summed E-state index contributed by atoms with van der Waals surface area (Å²) in [4.78, 5) is 9.25. The summed E-state index contributed by atoms with van der Waals surface area (Å²) in [7, 11) is 0. The van der Waals surface area contributed by atoms with Crippen LogP contribution in [0.4, 0.5) is 0 Å². The monoisotopic (exact) mass is 360 g/mol. The van der Waals surface area contributed by atoms with Crippen LogP contribution < -0.4 is 0 Å². The molecule has 0 saturated heterocycles. The van der Waals surface area contributed by atoms with E-state index in [-0.39, 0.29) is 0 Å². The normalized spacial score (nSPS) is 41.1. The van der Waals surface area contributed by atoms with E-state index in [0.717, 1.165) is 6.08 Å². The predicted molar refractivity (Wildman–Crippen MR) is 75.7 cm³/mol. The third-order valence-corrected chi connectivity index (χ3v) is 6.03. The van der Waals surface area contributed by atoms with E-state index in [1.165, 1.54) is 0 Å². The van der Waals surface area contributed by atoms with Crippen molar-refractivity contribution in [3.05, 3.63) is 12.7 Å². The van der Waals surface area contributed by atoms with E-state index in [1.807, 2.05) is 0 Å². The summed E-state index contributed by atoms with van der Waals surface area (Å²) >= 11 is 35.3. The van der Waals surface area contributed by atoms with Gasteiger partial charge in [-0.1, -0.05) is 6.58 Å². The molecule has 1 N–H and O–H groups in total. The maximum absolute atomic E-state index is 9.25. The number of hydrogen-bond donors (Lipinski definition) is 1. The predicted octanol–water partition coefficient (Wildman–Crippen LogP) is 3.90. The van der Waals surface area contributed by atoms with E-state index in [1.54, 1.807) is 0 Å². The average Bonchev–Trinajstić information content (AvgIpc) is 2.32. The molecule has 17 heavy (non-hydrogen) atoms. The Labute approximate surface area is 130 Å². The minimum absolute atomic E-state index is 0.437. The average molecular weight is 363 g/mol. The van der Waals surface area contributed by atoms with Crippen molar-refractivity contribution in [2.45, 2.75) is 32.3 Å². The molecule has 0 spiro atoms. The number of carbonyl (C=O) groups is 1. The molecule has 1 fully saturated rings. The van der Waals surface area contributed by atoms with Crippen LogP contribution in [-0.2, 0) is 4.79 Å². The smallest absolute Gasteiger partial charge is 0.327 e. The Bertz CT molecular complexity index is 216. The van der Waals surface area contributed by atoms with Crippen molar-refractivity contribution in [2.24, 2.45) is 0 Å². The van der Waals surface area contributed by atoms with Crippen LogP contribution in [0.25, 0.3) is 0 Å². The van der Waals surface area contributed by atoms with Gasteiger partial charge < -0.3 is 5.11 Å². The molecule has 0 atom stereocenters. The van der Waals surface area contributed by atoms with Crippen LogP contribution in [0.1, 0.15) is 0 Å². The van der Waals surface area contributed by atoms with Gasteiger partial charge in [0.05, 0.1) is 32.3 Å². The highest BCUT2D eigenvalue weighted by atomic mass is 35.5. The molecule has 0 radical (unpaired) electrons. The van der Waals surface area contributed by atoms with E-state index in [2.05, 4.69) is 6.58 Å². The Balaban J connectivity index is 0.000000437. The van der Waals surface area contributed by atoms with Crippen LogP contribution in [-0.4, -0.2) is 43.3 Å². The van der Waals surface area contributed by atoms with Gasteiger partial charge in [-0.2, -0.15) is 0 Å². The SMILES string of the molecule is C=CC(=O)O.ClC1C(Cl)C(Cl)C(Cl)C(Cl)C1Cl. The van der Waals surface area contributed by atoms with Gasteiger partial charge in [0.15, 0.2) is 0 Å². The van der Waals surface area contributed by atoms with E-state index < -0.39 is 38.2 Å². The molecule has 1 aliphatic rings. The van der Waals surface area contributed by atoms with Gasteiger partial charge in [0.25, 0.3) is 0 Å². The fraction of sp³-hybridized carbons (Fsp3) is 0.667. The van der Waals surface area contributed by atoms with Crippen molar-refractivity contribution in [3.8, 4) is 0 Å². The summed E-state index contributed by atoms with van der Waals surface area (Å²) in [5.41, 5.74) is 0. The third kappa shape index (κ3) is 5.22. The van der Waals surface area contributed by atoms with Crippen molar-refractivity contribution in [1.29, 1.82) is 0 Å². The van der Waals surface area contributed by atoms with Gasteiger partial charge in [-0.3, -0.25) is 0 Å². The maximum Gasteiger partial charge on any atom is 0.327 e.